The van der Waals surface area contributed by atoms with E-state index < -0.39 is 21.5 Å². The first-order chi connectivity index (χ1) is 11.1. The van der Waals surface area contributed by atoms with Crippen molar-refractivity contribution in [3.8, 4) is 0 Å². The number of aryl methyl sites for hydroxylation is 1. The lowest BCUT2D eigenvalue weighted by atomic mass is 9.88. The van der Waals surface area contributed by atoms with Gasteiger partial charge in [-0.05, 0) is 32.6 Å². The van der Waals surface area contributed by atoms with Gasteiger partial charge in [-0.15, -0.1) is 0 Å². The number of sulfonamides is 1. The van der Waals surface area contributed by atoms with Gasteiger partial charge in [0.25, 0.3) is 5.91 Å². The molecule has 1 fully saturated rings. The van der Waals surface area contributed by atoms with E-state index in [2.05, 4.69) is 5.32 Å². The molecule has 1 aliphatic rings. The van der Waals surface area contributed by atoms with Crippen molar-refractivity contribution in [2.24, 2.45) is 11.7 Å². The van der Waals surface area contributed by atoms with Gasteiger partial charge in [0, 0.05) is 25.7 Å². The molecular formula is C16H27N3O4S. The van der Waals surface area contributed by atoms with Crippen molar-refractivity contribution in [1.82, 2.24) is 9.62 Å². The zero-order valence-electron chi connectivity index (χ0n) is 14.8. The number of furan rings is 1. The molecule has 1 atom stereocenters. The van der Waals surface area contributed by atoms with Gasteiger partial charge >= 0.3 is 0 Å². The Balaban J connectivity index is 2.27. The van der Waals surface area contributed by atoms with Crippen molar-refractivity contribution >= 4 is 15.9 Å². The SMILES string of the molecule is Cc1oc(C(=O)NC(C)(CN)C(C)C)cc1S(=O)(=O)N1CCCC1. The number of hydrogen-bond acceptors (Lipinski definition) is 5. The average Bonchev–Trinajstić information content (AvgIpc) is 3.16. The standard InChI is InChI=1S/C16H27N3O4S/c1-11(2)16(4,10-17)18-15(20)13-9-14(12(3)23-13)24(21,22)19-7-5-6-8-19/h9,11H,5-8,10,17H2,1-4H3,(H,18,20). The molecular weight excluding hydrogens is 330 g/mol. The van der Waals surface area contributed by atoms with E-state index in [9.17, 15) is 13.2 Å². The largest absolute Gasteiger partial charge is 0.455 e. The Labute approximate surface area is 143 Å². The molecule has 1 saturated heterocycles. The summed E-state index contributed by atoms with van der Waals surface area (Å²) in [5.74, 6) is -0.116. The summed E-state index contributed by atoms with van der Waals surface area (Å²) in [5.41, 5.74) is 5.18. The van der Waals surface area contributed by atoms with Crippen LogP contribution in [0.1, 0.15) is 49.9 Å². The molecule has 1 aromatic rings. The summed E-state index contributed by atoms with van der Waals surface area (Å²) in [7, 11) is -3.61. The van der Waals surface area contributed by atoms with Crippen LogP contribution < -0.4 is 11.1 Å². The van der Waals surface area contributed by atoms with Gasteiger partial charge in [-0.2, -0.15) is 4.31 Å². The van der Waals surface area contributed by atoms with E-state index in [0.29, 0.717) is 13.1 Å². The molecule has 0 spiro atoms. The summed E-state index contributed by atoms with van der Waals surface area (Å²) in [4.78, 5) is 12.5. The number of hydrogen-bond donors (Lipinski definition) is 2. The number of nitrogens with one attached hydrogen (secondary N) is 1. The van der Waals surface area contributed by atoms with E-state index in [1.807, 2.05) is 20.8 Å². The van der Waals surface area contributed by atoms with Crippen LogP contribution in [0, 0.1) is 12.8 Å². The van der Waals surface area contributed by atoms with Gasteiger partial charge in [0.2, 0.25) is 10.0 Å². The molecule has 1 amide bonds. The number of rotatable bonds is 6. The molecule has 1 aliphatic heterocycles. The quantitative estimate of drug-likeness (QED) is 0.802. The first-order valence-corrected chi connectivity index (χ1v) is 9.69. The minimum atomic E-state index is -3.61. The third-order valence-electron chi connectivity index (χ3n) is 4.88. The summed E-state index contributed by atoms with van der Waals surface area (Å²) in [6.45, 7) is 8.63. The maximum absolute atomic E-state index is 12.7. The fourth-order valence-corrected chi connectivity index (χ4v) is 4.33. The van der Waals surface area contributed by atoms with Crippen molar-refractivity contribution in [3.05, 3.63) is 17.6 Å². The second kappa shape index (κ2) is 6.85. The van der Waals surface area contributed by atoms with E-state index in [0.717, 1.165) is 12.8 Å². The second-order valence-electron chi connectivity index (χ2n) is 6.87. The average molecular weight is 357 g/mol. The van der Waals surface area contributed by atoms with Crippen LogP contribution in [0.3, 0.4) is 0 Å². The van der Waals surface area contributed by atoms with Crippen LogP contribution in [-0.4, -0.2) is 43.8 Å². The fraction of sp³-hybridized carbons (Fsp3) is 0.688. The molecule has 8 heteroatoms. The maximum atomic E-state index is 12.7. The molecule has 136 valence electrons. The molecule has 24 heavy (non-hydrogen) atoms. The molecule has 2 rings (SSSR count). The monoisotopic (exact) mass is 357 g/mol. The van der Waals surface area contributed by atoms with Crippen LogP contribution in [0.2, 0.25) is 0 Å². The van der Waals surface area contributed by atoms with Crippen LogP contribution in [-0.2, 0) is 10.0 Å². The summed E-state index contributed by atoms with van der Waals surface area (Å²) < 4.78 is 32.2. The van der Waals surface area contributed by atoms with Crippen molar-refractivity contribution in [3.63, 3.8) is 0 Å². The lowest BCUT2D eigenvalue weighted by Crippen LogP contribution is -2.54. The lowest BCUT2D eigenvalue weighted by molar-refractivity contribution is 0.0853. The number of carbonyl (C=O) groups excluding carboxylic acids is 1. The van der Waals surface area contributed by atoms with E-state index >= 15 is 0 Å². The summed E-state index contributed by atoms with van der Waals surface area (Å²) in [5, 5.41) is 2.85. The zero-order chi connectivity index (χ0) is 18.1. The third-order valence-corrected chi connectivity index (χ3v) is 6.88. The van der Waals surface area contributed by atoms with E-state index in [1.54, 1.807) is 6.92 Å². The highest BCUT2D eigenvalue weighted by Gasteiger charge is 2.34. The Morgan fingerprint density at radius 2 is 2.00 bits per heavy atom. The highest BCUT2D eigenvalue weighted by atomic mass is 32.2. The molecule has 0 saturated carbocycles. The van der Waals surface area contributed by atoms with Gasteiger partial charge in [-0.25, -0.2) is 8.42 Å². The maximum Gasteiger partial charge on any atom is 0.287 e. The topological polar surface area (TPSA) is 106 Å². The highest BCUT2D eigenvalue weighted by Crippen LogP contribution is 2.27. The van der Waals surface area contributed by atoms with Gasteiger partial charge < -0.3 is 15.5 Å². The molecule has 0 radical (unpaired) electrons. The summed E-state index contributed by atoms with van der Waals surface area (Å²) >= 11 is 0. The van der Waals surface area contributed by atoms with Gasteiger partial charge in [-0.1, -0.05) is 13.8 Å². The molecule has 0 aromatic carbocycles. The highest BCUT2D eigenvalue weighted by molar-refractivity contribution is 7.89. The number of carbonyl (C=O) groups is 1. The Morgan fingerprint density at radius 3 is 2.50 bits per heavy atom. The number of amides is 1. The fourth-order valence-electron chi connectivity index (χ4n) is 2.65. The molecule has 0 bridgehead atoms. The Bertz CT molecular complexity index is 705. The molecule has 3 N–H and O–H groups in total. The van der Waals surface area contributed by atoms with Crippen LogP contribution >= 0.6 is 0 Å². The van der Waals surface area contributed by atoms with Gasteiger partial charge in [0.05, 0.1) is 5.54 Å². The van der Waals surface area contributed by atoms with Crippen LogP contribution in [0.4, 0.5) is 0 Å². The third kappa shape index (κ3) is 3.50. The van der Waals surface area contributed by atoms with Crippen LogP contribution in [0.15, 0.2) is 15.4 Å². The van der Waals surface area contributed by atoms with Gasteiger partial charge in [0.1, 0.15) is 10.7 Å². The first kappa shape index (κ1) is 19.0. The number of nitrogens with zero attached hydrogens (tertiary/aromatic N) is 1. The Morgan fingerprint density at radius 1 is 1.42 bits per heavy atom. The molecule has 1 unspecified atom stereocenters. The zero-order valence-corrected chi connectivity index (χ0v) is 15.6. The van der Waals surface area contributed by atoms with E-state index in [4.69, 9.17) is 10.2 Å². The summed E-state index contributed by atoms with van der Waals surface area (Å²) in [6.07, 6.45) is 1.71. The molecule has 0 aliphatic carbocycles. The minimum Gasteiger partial charge on any atom is -0.455 e. The summed E-state index contributed by atoms with van der Waals surface area (Å²) in [6, 6.07) is 1.32. The first-order valence-electron chi connectivity index (χ1n) is 8.25. The predicted molar refractivity (Wildman–Crippen MR) is 91.2 cm³/mol. The van der Waals surface area contributed by atoms with Crippen LogP contribution in [0.5, 0.6) is 0 Å². The molecule has 2 heterocycles. The molecule has 1 aromatic heterocycles. The smallest absolute Gasteiger partial charge is 0.287 e. The number of nitrogens with two attached hydrogens (primary N) is 1. The van der Waals surface area contributed by atoms with Crippen molar-refractivity contribution in [2.75, 3.05) is 19.6 Å². The second-order valence-corrected chi connectivity index (χ2v) is 8.78. The Hall–Kier alpha value is -1.38. The Kier molecular flexibility index (Phi) is 5.41. The lowest BCUT2D eigenvalue weighted by Gasteiger charge is -2.33. The van der Waals surface area contributed by atoms with E-state index in [-0.39, 0.29) is 28.9 Å². The van der Waals surface area contributed by atoms with Gasteiger partial charge in [-0.3, -0.25) is 4.79 Å². The van der Waals surface area contributed by atoms with Crippen molar-refractivity contribution < 1.29 is 17.6 Å². The van der Waals surface area contributed by atoms with Crippen molar-refractivity contribution in [1.29, 1.82) is 0 Å². The minimum absolute atomic E-state index is 0.00871. The predicted octanol–water partition coefficient (Wildman–Crippen LogP) is 1.48. The molecule has 7 nitrogen and oxygen atoms in total. The van der Waals surface area contributed by atoms with E-state index in [1.165, 1.54) is 10.4 Å². The van der Waals surface area contributed by atoms with Gasteiger partial charge in [0.15, 0.2) is 5.76 Å². The van der Waals surface area contributed by atoms with Crippen LogP contribution in [0.25, 0.3) is 0 Å². The van der Waals surface area contributed by atoms with Crippen molar-refractivity contribution in [2.45, 2.75) is 51.0 Å². The normalized spacial score (nSPS) is 18.8.